The SMILES string of the molecule is CC(NCCc1ccsc1)c1ncc(Br)s1. The molecule has 0 aromatic carbocycles. The van der Waals surface area contributed by atoms with E-state index in [4.69, 9.17) is 0 Å². The zero-order chi connectivity index (χ0) is 11.4. The van der Waals surface area contributed by atoms with Crippen molar-refractivity contribution in [1.29, 1.82) is 0 Å². The minimum atomic E-state index is 0.329. The summed E-state index contributed by atoms with van der Waals surface area (Å²) in [5.74, 6) is 0. The summed E-state index contributed by atoms with van der Waals surface area (Å²) in [6.45, 7) is 3.15. The molecule has 2 nitrogen and oxygen atoms in total. The third kappa shape index (κ3) is 3.38. The fraction of sp³-hybridized carbons (Fsp3) is 0.364. The predicted octanol–water partition coefficient (Wildman–Crippen LogP) is 3.86. The number of thiophene rings is 1. The molecule has 0 saturated heterocycles. The van der Waals surface area contributed by atoms with E-state index in [1.807, 2.05) is 6.20 Å². The number of thiazole rings is 1. The third-order valence-electron chi connectivity index (χ3n) is 2.31. The van der Waals surface area contributed by atoms with Crippen molar-refractivity contribution in [3.05, 3.63) is 37.4 Å². The van der Waals surface area contributed by atoms with Gasteiger partial charge in [0, 0.05) is 0 Å². The number of hydrogen-bond donors (Lipinski definition) is 1. The molecule has 2 aromatic rings. The van der Waals surface area contributed by atoms with Crippen molar-refractivity contribution in [2.24, 2.45) is 0 Å². The predicted molar refractivity (Wildman–Crippen MR) is 74.3 cm³/mol. The van der Waals surface area contributed by atoms with Crippen LogP contribution in [-0.2, 0) is 6.42 Å². The number of halogens is 1. The molecule has 0 saturated carbocycles. The van der Waals surface area contributed by atoms with Crippen LogP contribution in [0.1, 0.15) is 23.5 Å². The molecule has 0 aliphatic rings. The Balaban J connectivity index is 1.78. The molecule has 0 fully saturated rings. The largest absolute Gasteiger partial charge is 0.308 e. The number of aromatic nitrogens is 1. The van der Waals surface area contributed by atoms with Gasteiger partial charge in [-0.3, -0.25) is 0 Å². The summed E-state index contributed by atoms with van der Waals surface area (Å²) in [6, 6.07) is 2.51. The van der Waals surface area contributed by atoms with Crippen LogP contribution in [0, 0.1) is 0 Å². The molecule has 2 aromatic heterocycles. The maximum Gasteiger partial charge on any atom is 0.110 e. The normalized spacial score (nSPS) is 12.9. The molecule has 0 aliphatic carbocycles. The summed E-state index contributed by atoms with van der Waals surface area (Å²) in [7, 11) is 0. The molecule has 2 heterocycles. The Morgan fingerprint density at radius 2 is 2.44 bits per heavy atom. The van der Waals surface area contributed by atoms with Crippen LogP contribution in [0.4, 0.5) is 0 Å². The number of nitrogens with one attached hydrogen (secondary N) is 1. The van der Waals surface area contributed by atoms with E-state index in [0.29, 0.717) is 6.04 Å². The van der Waals surface area contributed by atoms with Gasteiger partial charge in [0.1, 0.15) is 5.01 Å². The van der Waals surface area contributed by atoms with Gasteiger partial charge < -0.3 is 5.32 Å². The lowest BCUT2D eigenvalue weighted by Crippen LogP contribution is -2.21. The molecule has 0 bridgehead atoms. The average Bonchev–Trinajstić information content (AvgIpc) is 2.89. The van der Waals surface area contributed by atoms with Gasteiger partial charge in [0.15, 0.2) is 0 Å². The highest BCUT2D eigenvalue weighted by Gasteiger charge is 2.08. The van der Waals surface area contributed by atoms with Crippen LogP contribution in [0.3, 0.4) is 0 Å². The Morgan fingerprint density at radius 3 is 3.06 bits per heavy atom. The second-order valence-electron chi connectivity index (χ2n) is 3.56. The van der Waals surface area contributed by atoms with Gasteiger partial charge in [0.2, 0.25) is 0 Å². The van der Waals surface area contributed by atoms with Crippen molar-refractivity contribution in [3.8, 4) is 0 Å². The number of nitrogens with zero attached hydrogens (tertiary/aromatic N) is 1. The van der Waals surface area contributed by atoms with E-state index in [1.54, 1.807) is 22.7 Å². The molecule has 0 amide bonds. The van der Waals surface area contributed by atoms with E-state index in [1.165, 1.54) is 5.56 Å². The zero-order valence-corrected chi connectivity index (χ0v) is 12.2. The van der Waals surface area contributed by atoms with E-state index in [9.17, 15) is 0 Å². The lowest BCUT2D eigenvalue weighted by molar-refractivity contribution is 0.574. The van der Waals surface area contributed by atoms with Crippen molar-refractivity contribution >= 4 is 38.6 Å². The van der Waals surface area contributed by atoms with Gasteiger partial charge in [-0.05, 0) is 58.2 Å². The molecule has 86 valence electrons. The topological polar surface area (TPSA) is 24.9 Å². The van der Waals surface area contributed by atoms with Crippen LogP contribution < -0.4 is 5.32 Å². The van der Waals surface area contributed by atoms with Crippen molar-refractivity contribution in [1.82, 2.24) is 10.3 Å². The molecule has 1 unspecified atom stereocenters. The first-order chi connectivity index (χ1) is 7.75. The third-order valence-corrected chi connectivity index (χ3v) is 4.70. The van der Waals surface area contributed by atoms with Crippen LogP contribution in [0.5, 0.6) is 0 Å². The van der Waals surface area contributed by atoms with Gasteiger partial charge in [-0.1, -0.05) is 0 Å². The van der Waals surface area contributed by atoms with Gasteiger partial charge in [-0.25, -0.2) is 4.98 Å². The standard InChI is InChI=1S/C11H13BrN2S2/c1-8(11-14-6-10(12)16-11)13-4-2-9-3-5-15-7-9/h3,5-8,13H,2,4H2,1H3. The quantitative estimate of drug-likeness (QED) is 0.906. The van der Waals surface area contributed by atoms with Crippen LogP contribution in [0.2, 0.25) is 0 Å². The molecule has 0 aliphatic heterocycles. The fourth-order valence-corrected chi connectivity index (χ4v) is 3.40. The zero-order valence-electron chi connectivity index (χ0n) is 8.94. The minimum absolute atomic E-state index is 0.329. The monoisotopic (exact) mass is 316 g/mol. The van der Waals surface area contributed by atoms with Crippen LogP contribution >= 0.6 is 38.6 Å². The van der Waals surface area contributed by atoms with E-state index in [2.05, 4.69) is 50.0 Å². The molecule has 0 radical (unpaired) electrons. The van der Waals surface area contributed by atoms with E-state index in [-0.39, 0.29) is 0 Å². The Hall–Kier alpha value is -0.230. The molecule has 5 heteroatoms. The Kier molecular flexibility index (Phi) is 4.52. The molecule has 1 atom stereocenters. The van der Waals surface area contributed by atoms with Gasteiger partial charge in [-0.2, -0.15) is 11.3 Å². The number of hydrogen-bond acceptors (Lipinski definition) is 4. The summed E-state index contributed by atoms with van der Waals surface area (Å²) in [6.07, 6.45) is 2.94. The van der Waals surface area contributed by atoms with Gasteiger partial charge in [0.05, 0.1) is 16.0 Å². The van der Waals surface area contributed by atoms with Crippen molar-refractivity contribution in [2.45, 2.75) is 19.4 Å². The Morgan fingerprint density at radius 1 is 1.56 bits per heavy atom. The van der Waals surface area contributed by atoms with Crippen molar-refractivity contribution < 1.29 is 0 Å². The first-order valence-electron chi connectivity index (χ1n) is 5.11. The van der Waals surface area contributed by atoms with E-state index in [0.717, 1.165) is 21.8 Å². The average molecular weight is 317 g/mol. The van der Waals surface area contributed by atoms with E-state index >= 15 is 0 Å². The van der Waals surface area contributed by atoms with Crippen LogP contribution in [-0.4, -0.2) is 11.5 Å². The highest BCUT2D eigenvalue weighted by Crippen LogP contribution is 2.23. The second kappa shape index (κ2) is 5.91. The summed E-state index contributed by atoms with van der Waals surface area (Å²) in [5, 5.41) is 8.94. The first-order valence-corrected chi connectivity index (χ1v) is 7.66. The lowest BCUT2D eigenvalue weighted by atomic mass is 10.2. The summed E-state index contributed by atoms with van der Waals surface area (Å²) >= 11 is 6.87. The van der Waals surface area contributed by atoms with Crippen LogP contribution in [0.25, 0.3) is 0 Å². The highest BCUT2D eigenvalue weighted by molar-refractivity contribution is 9.11. The molecular formula is C11H13BrN2S2. The molecule has 0 spiro atoms. The maximum absolute atomic E-state index is 4.34. The highest BCUT2D eigenvalue weighted by atomic mass is 79.9. The Bertz CT molecular complexity index is 425. The maximum atomic E-state index is 4.34. The van der Waals surface area contributed by atoms with Crippen molar-refractivity contribution in [3.63, 3.8) is 0 Å². The Labute approximate surface area is 112 Å². The second-order valence-corrected chi connectivity index (χ2v) is 6.78. The smallest absolute Gasteiger partial charge is 0.110 e. The summed E-state index contributed by atoms with van der Waals surface area (Å²) in [4.78, 5) is 4.34. The summed E-state index contributed by atoms with van der Waals surface area (Å²) in [5.41, 5.74) is 1.41. The lowest BCUT2D eigenvalue weighted by Gasteiger charge is -2.10. The molecule has 1 N–H and O–H groups in total. The van der Waals surface area contributed by atoms with Crippen molar-refractivity contribution in [2.75, 3.05) is 6.54 Å². The van der Waals surface area contributed by atoms with Gasteiger partial charge in [0.25, 0.3) is 0 Å². The fourth-order valence-electron chi connectivity index (χ4n) is 1.42. The van der Waals surface area contributed by atoms with E-state index < -0.39 is 0 Å². The summed E-state index contributed by atoms with van der Waals surface area (Å²) < 4.78 is 1.09. The molecule has 2 rings (SSSR count). The minimum Gasteiger partial charge on any atom is -0.308 e. The first kappa shape index (κ1) is 12.2. The van der Waals surface area contributed by atoms with Crippen LogP contribution in [0.15, 0.2) is 26.8 Å². The van der Waals surface area contributed by atoms with Gasteiger partial charge in [-0.15, -0.1) is 11.3 Å². The number of rotatable bonds is 5. The van der Waals surface area contributed by atoms with Gasteiger partial charge >= 0.3 is 0 Å². The molecular weight excluding hydrogens is 304 g/mol. The molecule has 16 heavy (non-hydrogen) atoms.